The zero-order valence-corrected chi connectivity index (χ0v) is 12.4. The van der Waals surface area contributed by atoms with Crippen LogP contribution in [0.3, 0.4) is 0 Å². The van der Waals surface area contributed by atoms with Crippen molar-refractivity contribution in [3.8, 4) is 5.75 Å². The molecule has 1 amide bonds. The SMILES string of the molecule is COc1ccc(N)c(C(=O)Nc2ccccc2N(C)C)c1. The van der Waals surface area contributed by atoms with Gasteiger partial charge in [-0.25, -0.2) is 0 Å². The lowest BCUT2D eigenvalue weighted by atomic mass is 10.1. The van der Waals surface area contributed by atoms with Gasteiger partial charge in [0.05, 0.1) is 24.0 Å². The molecular formula is C16H19N3O2. The molecule has 0 atom stereocenters. The molecule has 5 nitrogen and oxygen atoms in total. The molecule has 0 aromatic heterocycles. The third kappa shape index (κ3) is 3.25. The Kier molecular flexibility index (Phi) is 4.33. The maximum absolute atomic E-state index is 12.4. The summed E-state index contributed by atoms with van der Waals surface area (Å²) in [6, 6.07) is 12.6. The van der Waals surface area contributed by atoms with Gasteiger partial charge in [-0.05, 0) is 30.3 Å². The second-order valence-corrected chi connectivity index (χ2v) is 4.82. The lowest BCUT2D eigenvalue weighted by Gasteiger charge is -2.18. The van der Waals surface area contributed by atoms with Crippen molar-refractivity contribution < 1.29 is 9.53 Å². The van der Waals surface area contributed by atoms with Gasteiger partial charge in [0, 0.05) is 19.8 Å². The number of methoxy groups -OCH3 is 1. The van der Waals surface area contributed by atoms with Crippen molar-refractivity contribution in [3.63, 3.8) is 0 Å². The average Bonchev–Trinajstić information content (AvgIpc) is 2.48. The number of nitrogen functional groups attached to an aromatic ring is 1. The van der Waals surface area contributed by atoms with Crippen LogP contribution in [0.25, 0.3) is 0 Å². The minimum absolute atomic E-state index is 0.263. The number of nitrogens with two attached hydrogens (primary N) is 1. The Morgan fingerprint density at radius 1 is 1.19 bits per heavy atom. The number of amides is 1. The molecule has 0 unspecified atom stereocenters. The maximum Gasteiger partial charge on any atom is 0.257 e. The third-order valence-corrected chi connectivity index (χ3v) is 3.14. The number of nitrogens with one attached hydrogen (secondary N) is 1. The Balaban J connectivity index is 2.30. The molecule has 0 saturated heterocycles. The molecule has 2 rings (SSSR count). The number of ether oxygens (including phenoxy) is 1. The molecule has 21 heavy (non-hydrogen) atoms. The van der Waals surface area contributed by atoms with E-state index in [0.717, 1.165) is 11.4 Å². The number of para-hydroxylation sites is 2. The summed E-state index contributed by atoms with van der Waals surface area (Å²) in [5, 5.41) is 2.88. The van der Waals surface area contributed by atoms with Crippen LogP contribution in [-0.4, -0.2) is 27.1 Å². The van der Waals surface area contributed by atoms with Crippen LogP contribution in [0.15, 0.2) is 42.5 Å². The first-order valence-corrected chi connectivity index (χ1v) is 6.54. The third-order valence-electron chi connectivity index (χ3n) is 3.14. The first-order chi connectivity index (χ1) is 10.0. The van der Waals surface area contributed by atoms with Crippen molar-refractivity contribution in [2.45, 2.75) is 0 Å². The molecule has 0 aliphatic carbocycles. The van der Waals surface area contributed by atoms with Crippen LogP contribution in [0.5, 0.6) is 5.75 Å². The lowest BCUT2D eigenvalue weighted by molar-refractivity contribution is 0.102. The van der Waals surface area contributed by atoms with E-state index in [-0.39, 0.29) is 5.91 Å². The van der Waals surface area contributed by atoms with Crippen molar-refractivity contribution in [1.82, 2.24) is 0 Å². The van der Waals surface area contributed by atoms with Crippen LogP contribution >= 0.6 is 0 Å². The van der Waals surface area contributed by atoms with Crippen LogP contribution in [0, 0.1) is 0 Å². The van der Waals surface area contributed by atoms with Gasteiger partial charge in [-0.3, -0.25) is 4.79 Å². The lowest BCUT2D eigenvalue weighted by Crippen LogP contribution is -2.17. The molecule has 0 aliphatic heterocycles. The van der Waals surface area contributed by atoms with Crippen LogP contribution in [-0.2, 0) is 0 Å². The molecule has 5 heteroatoms. The molecular weight excluding hydrogens is 266 g/mol. The molecule has 110 valence electrons. The second-order valence-electron chi connectivity index (χ2n) is 4.82. The van der Waals surface area contributed by atoms with E-state index in [1.807, 2.05) is 43.3 Å². The fraction of sp³-hybridized carbons (Fsp3) is 0.188. The quantitative estimate of drug-likeness (QED) is 0.847. The average molecular weight is 285 g/mol. The Hall–Kier alpha value is -2.69. The van der Waals surface area contributed by atoms with Gasteiger partial charge in [0.2, 0.25) is 0 Å². The summed E-state index contributed by atoms with van der Waals surface area (Å²) in [4.78, 5) is 14.3. The summed E-state index contributed by atoms with van der Waals surface area (Å²) in [5.41, 5.74) is 8.33. The van der Waals surface area contributed by atoms with Crippen molar-refractivity contribution in [1.29, 1.82) is 0 Å². The van der Waals surface area contributed by atoms with Gasteiger partial charge >= 0.3 is 0 Å². The Labute approximate surface area is 124 Å². The van der Waals surface area contributed by atoms with Gasteiger partial charge in [0.15, 0.2) is 0 Å². The normalized spacial score (nSPS) is 10.0. The zero-order chi connectivity index (χ0) is 15.4. The first-order valence-electron chi connectivity index (χ1n) is 6.54. The maximum atomic E-state index is 12.4. The smallest absolute Gasteiger partial charge is 0.257 e. The number of hydrogen-bond donors (Lipinski definition) is 2. The Morgan fingerprint density at radius 3 is 2.57 bits per heavy atom. The number of rotatable bonds is 4. The van der Waals surface area contributed by atoms with Crippen LogP contribution in [0.4, 0.5) is 17.1 Å². The largest absolute Gasteiger partial charge is 0.497 e. The molecule has 2 aromatic carbocycles. The van der Waals surface area contributed by atoms with Gasteiger partial charge in [0.25, 0.3) is 5.91 Å². The molecule has 0 spiro atoms. The molecule has 0 heterocycles. The van der Waals surface area contributed by atoms with Gasteiger partial charge in [-0.15, -0.1) is 0 Å². The number of carbonyl (C=O) groups excluding carboxylic acids is 1. The van der Waals surface area contributed by atoms with E-state index in [9.17, 15) is 4.79 Å². The number of nitrogens with zero attached hydrogens (tertiary/aromatic N) is 1. The zero-order valence-electron chi connectivity index (χ0n) is 12.4. The van der Waals surface area contributed by atoms with Crippen molar-refractivity contribution in [3.05, 3.63) is 48.0 Å². The highest BCUT2D eigenvalue weighted by Crippen LogP contribution is 2.26. The highest BCUT2D eigenvalue weighted by atomic mass is 16.5. The predicted octanol–water partition coefficient (Wildman–Crippen LogP) is 2.60. The molecule has 2 aromatic rings. The van der Waals surface area contributed by atoms with Gasteiger partial charge in [0.1, 0.15) is 5.75 Å². The highest BCUT2D eigenvalue weighted by molar-refractivity contribution is 6.09. The summed E-state index contributed by atoms with van der Waals surface area (Å²) in [7, 11) is 5.39. The number of benzene rings is 2. The molecule has 0 saturated carbocycles. The van der Waals surface area contributed by atoms with Crippen LogP contribution < -0.4 is 20.7 Å². The first kappa shape index (κ1) is 14.7. The summed E-state index contributed by atoms with van der Waals surface area (Å²) in [5.74, 6) is 0.330. The minimum Gasteiger partial charge on any atom is -0.497 e. The van der Waals surface area contributed by atoms with E-state index in [1.165, 1.54) is 0 Å². The van der Waals surface area contributed by atoms with E-state index in [1.54, 1.807) is 25.3 Å². The van der Waals surface area contributed by atoms with E-state index in [2.05, 4.69) is 5.32 Å². The minimum atomic E-state index is -0.263. The fourth-order valence-electron chi connectivity index (χ4n) is 2.02. The Bertz CT molecular complexity index is 654. The van der Waals surface area contributed by atoms with Crippen LogP contribution in [0.2, 0.25) is 0 Å². The topological polar surface area (TPSA) is 67.6 Å². The molecule has 0 bridgehead atoms. The van der Waals surface area contributed by atoms with Crippen molar-refractivity contribution >= 4 is 23.0 Å². The van der Waals surface area contributed by atoms with Crippen molar-refractivity contribution in [2.75, 3.05) is 37.2 Å². The summed E-state index contributed by atoms with van der Waals surface area (Å²) in [6.45, 7) is 0. The number of carbonyl (C=O) groups is 1. The Morgan fingerprint density at radius 2 is 1.90 bits per heavy atom. The molecule has 0 aliphatic rings. The highest BCUT2D eigenvalue weighted by Gasteiger charge is 2.13. The van der Waals surface area contributed by atoms with Gasteiger partial charge in [-0.1, -0.05) is 12.1 Å². The fourth-order valence-corrected chi connectivity index (χ4v) is 2.02. The summed E-state index contributed by atoms with van der Waals surface area (Å²) < 4.78 is 5.13. The summed E-state index contributed by atoms with van der Waals surface area (Å²) in [6.07, 6.45) is 0. The second kappa shape index (κ2) is 6.17. The van der Waals surface area contributed by atoms with Crippen molar-refractivity contribution in [2.24, 2.45) is 0 Å². The molecule has 0 fully saturated rings. The standard InChI is InChI=1S/C16H19N3O2/c1-19(2)15-7-5-4-6-14(15)18-16(20)12-10-11(21-3)8-9-13(12)17/h4-10H,17H2,1-3H3,(H,18,20). The van der Waals surface area contributed by atoms with E-state index in [4.69, 9.17) is 10.5 Å². The van der Waals surface area contributed by atoms with Gasteiger partial charge < -0.3 is 20.7 Å². The van der Waals surface area contributed by atoms with E-state index < -0.39 is 0 Å². The van der Waals surface area contributed by atoms with E-state index >= 15 is 0 Å². The van der Waals surface area contributed by atoms with E-state index in [0.29, 0.717) is 17.0 Å². The molecule has 3 N–H and O–H groups in total. The number of anilines is 3. The monoisotopic (exact) mass is 285 g/mol. The number of hydrogen-bond acceptors (Lipinski definition) is 4. The predicted molar refractivity (Wildman–Crippen MR) is 86.1 cm³/mol. The van der Waals surface area contributed by atoms with Gasteiger partial charge in [-0.2, -0.15) is 0 Å². The summed E-state index contributed by atoms with van der Waals surface area (Å²) >= 11 is 0. The molecule has 0 radical (unpaired) electrons. The van der Waals surface area contributed by atoms with Crippen LogP contribution in [0.1, 0.15) is 10.4 Å².